The van der Waals surface area contributed by atoms with E-state index in [1.807, 2.05) is 0 Å². The summed E-state index contributed by atoms with van der Waals surface area (Å²) in [6.07, 6.45) is 0.654. The van der Waals surface area contributed by atoms with Crippen molar-refractivity contribution in [2.24, 2.45) is 0 Å². The van der Waals surface area contributed by atoms with E-state index in [1.165, 1.54) is 14.0 Å². The maximum Gasteiger partial charge on any atom is 0.160 e. The van der Waals surface area contributed by atoms with E-state index in [-0.39, 0.29) is 5.78 Å². The number of hydrogen-bond acceptors (Lipinski definition) is 3. The number of ether oxygens (including phenoxy) is 1. The number of carbonyl (C=O) groups excluding carboxylic acids is 2. The normalized spacial score (nSPS) is 9.64. The summed E-state index contributed by atoms with van der Waals surface area (Å²) in [4.78, 5) is 21.8. The van der Waals surface area contributed by atoms with Crippen LogP contribution in [0, 0.1) is 0 Å². The number of carbonyl (C=O) groups is 2. The van der Waals surface area contributed by atoms with Gasteiger partial charge in [-0.2, -0.15) is 0 Å². The van der Waals surface area contributed by atoms with Crippen molar-refractivity contribution < 1.29 is 14.3 Å². The van der Waals surface area contributed by atoms with Gasteiger partial charge in [-0.3, -0.25) is 9.59 Å². The van der Waals surface area contributed by atoms with Gasteiger partial charge < -0.3 is 4.74 Å². The van der Waals surface area contributed by atoms with Gasteiger partial charge in [0.05, 0.1) is 11.6 Å². The van der Waals surface area contributed by atoms with Crippen molar-refractivity contribution in [2.75, 3.05) is 7.11 Å². The molecule has 1 rings (SSSR count). The van der Waals surface area contributed by atoms with Crippen LogP contribution in [0.25, 0.3) is 0 Å². The van der Waals surface area contributed by atoms with Crippen LogP contribution in [0.1, 0.15) is 27.6 Å². The lowest BCUT2D eigenvalue weighted by molar-refractivity contribution is 0.100. The summed E-state index contributed by atoms with van der Waals surface area (Å²) in [6, 6.07) is 3.12. The summed E-state index contributed by atoms with van der Waals surface area (Å²) < 4.78 is 5.68. The van der Waals surface area contributed by atoms with Crippen LogP contribution in [0.15, 0.2) is 16.6 Å². The Labute approximate surface area is 90.2 Å². The van der Waals surface area contributed by atoms with Crippen molar-refractivity contribution in [1.29, 1.82) is 0 Å². The molecule has 1 aromatic rings. The van der Waals surface area contributed by atoms with Gasteiger partial charge in [0.2, 0.25) is 0 Å². The van der Waals surface area contributed by atoms with Gasteiger partial charge in [-0.15, -0.1) is 0 Å². The first kappa shape index (κ1) is 10.9. The van der Waals surface area contributed by atoms with Crippen LogP contribution in [0.2, 0.25) is 0 Å². The van der Waals surface area contributed by atoms with Gasteiger partial charge in [0.25, 0.3) is 0 Å². The minimum Gasteiger partial charge on any atom is -0.496 e. The van der Waals surface area contributed by atoms with Crippen molar-refractivity contribution in [1.82, 2.24) is 0 Å². The predicted molar refractivity (Wildman–Crippen MR) is 56.1 cm³/mol. The van der Waals surface area contributed by atoms with Crippen molar-refractivity contribution in [2.45, 2.75) is 6.92 Å². The second-order valence-corrected chi connectivity index (χ2v) is 3.60. The number of aldehydes is 1. The summed E-state index contributed by atoms with van der Waals surface area (Å²) >= 11 is 3.24. The summed E-state index contributed by atoms with van der Waals surface area (Å²) in [6.45, 7) is 1.41. The molecule has 0 N–H and O–H groups in total. The summed E-state index contributed by atoms with van der Waals surface area (Å²) in [5.41, 5.74) is 0.741. The standard InChI is InChI=1S/C10H9BrO3/c1-6(13)8-4-10(14-2)9(11)3-7(8)5-12/h3-5H,1-2H3. The molecule has 0 aliphatic heterocycles. The molecule has 0 saturated heterocycles. The largest absolute Gasteiger partial charge is 0.496 e. The van der Waals surface area contributed by atoms with Crippen molar-refractivity contribution >= 4 is 28.0 Å². The van der Waals surface area contributed by atoms with Crippen molar-refractivity contribution in [3.05, 3.63) is 27.7 Å². The fourth-order valence-electron chi connectivity index (χ4n) is 1.13. The minimum absolute atomic E-state index is 0.155. The lowest BCUT2D eigenvalue weighted by Gasteiger charge is -2.07. The highest BCUT2D eigenvalue weighted by Crippen LogP contribution is 2.28. The Kier molecular flexibility index (Phi) is 3.41. The van der Waals surface area contributed by atoms with E-state index < -0.39 is 0 Å². The summed E-state index contributed by atoms with van der Waals surface area (Å²) in [5.74, 6) is 0.388. The van der Waals surface area contributed by atoms with Crippen LogP contribution in [-0.2, 0) is 0 Å². The Morgan fingerprint density at radius 2 is 2.14 bits per heavy atom. The van der Waals surface area contributed by atoms with Gasteiger partial charge in [-0.1, -0.05) is 0 Å². The average molecular weight is 257 g/mol. The van der Waals surface area contributed by atoms with Gasteiger partial charge in [0.15, 0.2) is 12.1 Å². The SMILES string of the molecule is COc1cc(C(C)=O)c(C=O)cc1Br. The molecule has 0 aromatic heterocycles. The highest BCUT2D eigenvalue weighted by molar-refractivity contribution is 9.10. The van der Waals surface area contributed by atoms with Gasteiger partial charge >= 0.3 is 0 Å². The number of Topliss-reactive ketones (excluding diaryl/α,β-unsaturated/α-hetero) is 1. The fraction of sp³-hybridized carbons (Fsp3) is 0.200. The number of ketones is 1. The third kappa shape index (κ3) is 2.01. The molecule has 0 saturated carbocycles. The minimum atomic E-state index is -0.155. The Morgan fingerprint density at radius 1 is 1.50 bits per heavy atom. The second kappa shape index (κ2) is 4.37. The van der Waals surface area contributed by atoms with Crippen LogP contribution < -0.4 is 4.74 Å². The van der Waals surface area contributed by atoms with Crippen LogP contribution in [0.4, 0.5) is 0 Å². The molecule has 74 valence electrons. The second-order valence-electron chi connectivity index (χ2n) is 2.75. The molecule has 1 aromatic carbocycles. The number of halogens is 1. The zero-order valence-electron chi connectivity index (χ0n) is 7.83. The molecule has 0 aliphatic rings. The maximum atomic E-state index is 11.2. The first-order valence-electron chi connectivity index (χ1n) is 3.93. The molecule has 3 nitrogen and oxygen atoms in total. The predicted octanol–water partition coefficient (Wildman–Crippen LogP) is 2.47. The Morgan fingerprint density at radius 3 is 2.57 bits per heavy atom. The molecular weight excluding hydrogens is 248 g/mol. The third-order valence-corrected chi connectivity index (χ3v) is 2.45. The van der Waals surface area contributed by atoms with E-state index in [0.717, 1.165) is 0 Å². The molecule has 0 unspecified atom stereocenters. The quantitative estimate of drug-likeness (QED) is 0.617. The summed E-state index contributed by atoms with van der Waals surface area (Å²) in [7, 11) is 1.50. The van der Waals surface area contributed by atoms with E-state index in [0.29, 0.717) is 27.6 Å². The molecular formula is C10H9BrO3. The lowest BCUT2D eigenvalue weighted by Crippen LogP contribution is -2.00. The molecule has 0 fully saturated rings. The van der Waals surface area contributed by atoms with Crippen LogP contribution >= 0.6 is 15.9 Å². The monoisotopic (exact) mass is 256 g/mol. The Balaban J connectivity index is 3.39. The smallest absolute Gasteiger partial charge is 0.160 e. The van der Waals surface area contributed by atoms with Crippen molar-refractivity contribution in [3.8, 4) is 5.75 Å². The highest BCUT2D eigenvalue weighted by Gasteiger charge is 2.11. The molecule has 4 heteroatoms. The molecule has 0 radical (unpaired) electrons. The molecule has 0 heterocycles. The first-order valence-corrected chi connectivity index (χ1v) is 4.73. The first-order chi connectivity index (χ1) is 6.60. The fourth-order valence-corrected chi connectivity index (χ4v) is 1.65. The van der Waals surface area contributed by atoms with E-state index >= 15 is 0 Å². The number of methoxy groups -OCH3 is 1. The number of hydrogen-bond donors (Lipinski definition) is 0. The summed E-state index contributed by atoms with van der Waals surface area (Å²) in [5, 5.41) is 0. The molecule has 0 bridgehead atoms. The molecule has 0 aliphatic carbocycles. The zero-order chi connectivity index (χ0) is 10.7. The molecule has 0 atom stereocenters. The lowest BCUT2D eigenvalue weighted by atomic mass is 10.1. The van der Waals surface area contributed by atoms with Gasteiger partial charge in [0, 0.05) is 11.1 Å². The van der Waals surface area contributed by atoms with E-state index in [4.69, 9.17) is 4.74 Å². The Hall–Kier alpha value is -1.16. The number of benzene rings is 1. The van der Waals surface area contributed by atoms with Crippen LogP contribution in [0.3, 0.4) is 0 Å². The third-order valence-electron chi connectivity index (χ3n) is 1.83. The van der Waals surface area contributed by atoms with Crippen LogP contribution in [0.5, 0.6) is 5.75 Å². The van der Waals surface area contributed by atoms with Crippen molar-refractivity contribution in [3.63, 3.8) is 0 Å². The van der Waals surface area contributed by atoms with Crippen LogP contribution in [-0.4, -0.2) is 19.2 Å². The van der Waals surface area contributed by atoms with Gasteiger partial charge in [-0.25, -0.2) is 0 Å². The molecule has 14 heavy (non-hydrogen) atoms. The Bertz CT molecular complexity index is 385. The van der Waals surface area contributed by atoms with E-state index in [9.17, 15) is 9.59 Å². The zero-order valence-corrected chi connectivity index (χ0v) is 9.42. The van der Waals surface area contributed by atoms with E-state index in [1.54, 1.807) is 12.1 Å². The topological polar surface area (TPSA) is 43.4 Å². The number of rotatable bonds is 3. The maximum absolute atomic E-state index is 11.2. The van der Waals surface area contributed by atoms with Gasteiger partial charge in [0.1, 0.15) is 5.75 Å². The highest BCUT2D eigenvalue weighted by atomic mass is 79.9. The van der Waals surface area contributed by atoms with E-state index in [2.05, 4.69) is 15.9 Å². The molecule has 0 amide bonds. The molecule has 0 spiro atoms. The average Bonchev–Trinajstić information content (AvgIpc) is 2.16. The van der Waals surface area contributed by atoms with Gasteiger partial charge in [-0.05, 0) is 35.0 Å².